The highest BCUT2D eigenvalue weighted by molar-refractivity contribution is 7.71. The van der Waals surface area contributed by atoms with Gasteiger partial charge in [-0.1, -0.05) is 12.1 Å². The summed E-state index contributed by atoms with van der Waals surface area (Å²) in [6, 6.07) is 9.24. The van der Waals surface area contributed by atoms with Gasteiger partial charge in [0.2, 0.25) is 5.88 Å². The number of aromatic amines is 2. The number of H-pyrrole nitrogens is 2. The predicted octanol–water partition coefficient (Wildman–Crippen LogP) is 2.64. The maximum atomic E-state index is 11.0. The fraction of sp³-hybridized carbons (Fsp3) is 0.167. The summed E-state index contributed by atoms with van der Waals surface area (Å²) < 4.78 is 0.960. The zero-order valence-electron chi connectivity index (χ0n) is 15.0. The predicted molar refractivity (Wildman–Crippen MR) is 105 cm³/mol. The lowest BCUT2D eigenvalue weighted by Crippen LogP contribution is -2.08. The topological polar surface area (TPSA) is 141 Å². The summed E-state index contributed by atoms with van der Waals surface area (Å²) in [6.07, 6.45) is 0. The van der Waals surface area contributed by atoms with Gasteiger partial charge in [0, 0.05) is 19.8 Å². The van der Waals surface area contributed by atoms with Crippen LogP contribution in [0.3, 0.4) is 0 Å². The minimum absolute atomic E-state index is 0.0225. The highest BCUT2D eigenvalue weighted by atomic mass is 32.1. The summed E-state index contributed by atoms with van der Waals surface area (Å²) in [5.74, 6) is -1.89. The number of hydrogen-bond donors (Lipinski definition) is 5. The van der Waals surface area contributed by atoms with Crippen molar-refractivity contribution in [3.05, 3.63) is 34.6 Å². The number of nitriles is 1. The number of imidazole rings is 1. The first-order chi connectivity index (χ1) is 13.2. The Morgan fingerprint density at radius 2 is 1.86 bits per heavy atom. The van der Waals surface area contributed by atoms with Crippen molar-refractivity contribution in [1.82, 2.24) is 14.5 Å². The minimum atomic E-state index is -1.19. The molecule has 9 nitrogen and oxygen atoms in total. The number of rotatable bonds is 5. The lowest BCUT2D eigenvalue weighted by Gasteiger charge is -2.12. The molecular weight excluding hydrogens is 382 g/mol. The first-order valence-electron chi connectivity index (χ1n) is 8.11. The van der Waals surface area contributed by atoms with Crippen LogP contribution in [0.5, 0.6) is 11.8 Å². The Kier molecular flexibility index (Phi) is 4.85. The fourth-order valence-electron chi connectivity index (χ4n) is 2.91. The molecule has 10 heteroatoms. The third-order valence-corrected chi connectivity index (χ3v) is 4.59. The van der Waals surface area contributed by atoms with Gasteiger partial charge in [-0.25, -0.2) is 0 Å². The van der Waals surface area contributed by atoms with Crippen molar-refractivity contribution in [1.29, 1.82) is 5.26 Å². The smallest absolute Gasteiger partial charge is 0.323 e. The Morgan fingerprint density at radius 1 is 1.21 bits per heavy atom. The second-order valence-corrected chi connectivity index (χ2v) is 6.65. The van der Waals surface area contributed by atoms with E-state index in [4.69, 9.17) is 17.3 Å². The molecule has 0 spiro atoms. The van der Waals surface area contributed by atoms with E-state index in [2.05, 4.69) is 9.97 Å². The molecule has 3 aromatic rings. The van der Waals surface area contributed by atoms with E-state index < -0.39 is 18.4 Å². The molecular formula is C18H17N5O4S. The maximum Gasteiger partial charge on any atom is 0.323 e. The fourth-order valence-corrected chi connectivity index (χ4v) is 3.16. The molecule has 144 valence electrons. The van der Waals surface area contributed by atoms with Gasteiger partial charge in [-0.05, 0) is 29.9 Å². The quantitative estimate of drug-likeness (QED) is 0.415. The lowest BCUT2D eigenvalue weighted by molar-refractivity contribution is -0.137. The summed E-state index contributed by atoms with van der Waals surface area (Å²) in [5.41, 5.74) is 2.04. The molecule has 2 heterocycles. The van der Waals surface area contributed by atoms with Gasteiger partial charge < -0.3 is 30.2 Å². The number of carboxylic acid groups (broad SMARTS) is 1. The van der Waals surface area contributed by atoms with Crippen molar-refractivity contribution in [2.75, 3.05) is 19.0 Å². The molecule has 0 bridgehead atoms. The highest BCUT2D eigenvalue weighted by Gasteiger charge is 2.25. The summed E-state index contributed by atoms with van der Waals surface area (Å²) in [7, 11) is 3.79. The average Bonchev–Trinajstić information content (AvgIpc) is 3.12. The van der Waals surface area contributed by atoms with Crippen LogP contribution in [0.1, 0.15) is 5.56 Å². The molecule has 28 heavy (non-hydrogen) atoms. The van der Waals surface area contributed by atoms with Gasteiger partial charge in [-0.2, -0.15) is 5.26 Å². The van der Waals surface area contributed by atoms with Crippen molar-refractivity contribution in [2.45, 2.75) is 6.54 Å². The first kappa shape index (κ1) is 19.1. The Balaban J connectivity index is 2.16. The Bertz CT molecular complexity index is 1150. The maximum absolute atomic E-state index is 11.0. The SMILES string of the molecule is CN(C)c1ccc(-c2c(O)[nH]c(-c3[nH]c(=S)n(CC(=O)O)c3O)c2C#N)cc1. The van der Waals surface area contributed by atoms with E-state index in [9.17, 15) is 20.3 Å². The van der Waals surface area contributed by atoms with Crippen LogP contribution < -0.4 is 4.90 Å². The number of carboxylic acids is 1. The third-order valence-electron chi connectivity index (χ3n) is 4.26. The molecule has 0 radical (unpaired) electrons. The average molecular weight is 399 g/mol. The van der Waals surface area contributed by atoms with Gasteiger partial charge in [0.25, 0.3) is 0 Å². The van der Waals surface area contributed by atoms with Crippen LogP contribution in [0.15, 0.2) is 24.3 Å². The number of hydrogen-bond acceptors (Lipinski definition) is 6. The van der Waals surface area contributed by atoms with E-state index in [1.807, 2.05) is 37.2 Å². The van der Waals surface area contributed by atoms with E-state index in [1.165, 1.54) is 0 Å². The number of carbonyl (C=O) groups is 1. The van der Waals surface area contributed by atoms with Gasteiger partial charge >= 0.3 is 5.97 Å². The summed E-state index contributed by atoms with van der Waals surface area (Å²) >= 11 is 5.05. The van der Waals surface area contributed by atoms with Crippen LogP contribution in [0, 0.1) is 16.1 Å². The molecule has 0 aliphatic rings. The normalized spacial score (nSPS) is 10.6. The Morgan fingerprint density at radius 3 is 2.39 bits per heavy atom. The minimum Gasteiger partial charge on any atom is -0.494 e. The molecule has 0 amide bonds. The number of aromatic nitrogens is 3. The summed E-state index contributed by atoms with van der Waals surface area (Å²) in [6.45, 7) is -0.547. The van der Waals surface area contributed by atoms with Crippen molar-refractivity contribution < 1.29 is 20.1 Å². The van der Waals surface area contributed by atoms with Crippen LogP contribution in [-0.2, 0) is 11.3 Å². The van der Waals surface area contributed by atoms with Gasteiger partial charge in [-0.15, -0.1) is 0 Å². The second kappa shape index (κ2) is 7.13. The van der Waals surface area contributed by atoms with Gasteiger partial charge in [0.1, 0.15) is 18.3 Å². The molecule has 0 aliphatic carbocycles. The molecule has 2 aromatic heterocycles. The molecule has 0 atom stereocenters. The highest BCUT2D eigenvalue weighted by Crippen LogP contribution is 2.41. The Hall–Kier alpha value is -3.71. The van der Waals surface area contributed by atoms with E-state index >= 15 is 0 Å². The van der Waals surface area contributed by atoms with Gasteiger partial charge in [-0.3, -0.25) is 9.36 Å². The molecule has 0 fully saturated rings. The largest absolute Gasteiger partial charge is 0.494 e. The third kappa shape index (κ3) is 3.19. The molecule has 0 aliphatic heterocycles. The number of aliphatic carboxylic acids is 1. The Labute approximate surface area is 164 Å². The first-order valence-corrected chi connectivity index (χ1v) is 8.52. The monoisotopic (exact) mass is 399 g/mol. The second-order valence-electron chi connectivity index (χ2n) is 6.26. The molecule has 0 saturated carbocycles. The van der Waals surface area contributed by atoms with Crippen LogP contribution in [0.2, 0.25) is 0 Å². The van der Waals surface area contributed by atoms with Crippen molar-refractivity contribution in [3.63, 3.8) is 0 Å². The summed E-state index contributed by atoms with van der Waals surface area (Å²) in [5, 5.41) is 39.4. The molecule has 1 aromatic carbocycles. The molecule has 5 N–H and O–H groups in total. The van der Waals surface area contributed by atoms with Gasteiger partial charge in [0.05, 0.1) is 16.8 Å². The van der Waals surface area contributed by atoms with E-state index in [0.717, 1.165) is 10.3 Å². The molecule has 0 unspecified atom stereocenters. The van der Waals surface area contributed by atoms with Gasteiger partial charge in [0.15, 0.2) is 10.7 Å². The zero-order chi connectivity index (χ0) is 20.6. The van der Waals surface area contributed by atoms with Crippen molar-refractivity contribution >= 4 is 23.9 Å². The molecule has 3 rings (SSSR count). The van der Waals surface area contributed by atoms with Crippen LogP contribution in [0.4, 0.5) is 5.69 Å². The van der Waals surface area contributed by atoms with E-state index in [-0.39, 0.29) is 33.2 Å². The molecule has 0 saturated heterocycles. The summed E-state index contributed by atoms with van der Waals surface area (Å²) in [4.78, 5) is 18.2. The van der Waals surface area contributed by atoms with Crippen LogP contribution in [0.25, 0.3) is 22.5 Å². The van der Waals surface area contributed by atoms with E-state index in [0.29, 0.717) is 5.56 Å². The van der Waals surface area contributed by atoms with E-state index in [1.54, 1.807) is 12.1 Å². The standard InChI is InChI=1S/C18H17N5O4S/c1-22(2)10-5-3-9(4-6-10)13-11(7-19)14(20-16(13)26)15-17(27)23(8-12(24)25)18(28)21-15/h3-6,20,26-27H,8H2,1-2H3,(H,21,28)(H,24,25). The number of anilines is 1. The van der Waals surface area contributed by atoms with Crippen molar-refractivity contribution in [3.8, 4) is 40.3 Å². The lowest BCUT2D eigenvalue weighted by atomic mass is 10.0. The number of benzene rings is 1. The van der Waals surface area contributed by atoms with Crippen LogP contribution in [-0.4, -0.2) is 49.9 Å². The van der Waals surface area contributed by atoms with Crippen molar-refractivity contribution in [2.24, 2.45) is 0 Å². The number of aromatic hydroxyl groups is 2. The number of nitrogens with one attached hydrogen (secondary N) is 2. The zero-order valence-corrected chi connectivity index (χ0v) is 15.8. The number of nitrogens with zero attached hydrogens (tertiary/aromatic N) is 3. The van der Waals surface area contributed by atoms with Crippen LogP contribution >= 0.6 is 12.2 Å².